The quantitative estimate of drug-likeness (QED) is 0.571. The van der Waals surface area contributed by atoms with Crippen molar-refractivity contribution in [2.45, 2.75) is 42.6 Å². The molecular weight excluding hydrogens is 198 g/mol. The van der Waals surface area contributed by atoms with Crippen molar-refractivity contribution in [3.8, 4) is 6.07 Å². The molecule has 0 N–H and O–H groups in total. The number of fused-ring (bicyclic) bond motifs is 2. The van der Waals surface area contributed by atoms with Gasteiger partial charge in [-0.1, -0.05) is 12.0 Å². The van der Waals surface area contributed by atoms with E-state index in [1.165, 1.54) is 6.08 Å². The van der Waals surface area contributed by atoms with Gasteiger partial charge in [-0.15, -0.1) is 0 Å². The number of nitrogens with zero attached hydrogens (tertiary/aromatic N) is 1. The van der Waals surface area contributed by atoms with Crippen LogP contribution >= 0.6 is 0 Å². The van der Waals surface area contributed by atoms with Gasteiger partial charge in [-0.3, -0.25) is 0 Å². The molecule has 0 aromatic carbocycles. The van der Waals surface area contributed by atoms with Gasteiger partial charge in [0.25, 0.3) is 0 Å². The summed E-state index contributed by atoms with van der Waals surface area (Å²) in [5.74, 6) is 0. The average Bonchev–Trinajstić information content (AvgIpc) is 2.06. The Morgan fingerprint density at radius 1 is 1.29 bits per heavy atom. The van der Waals surface area contributed by atoms with E-state index in [4.69, 9.17) is 5.26 Å². The van der Waals surface area contributed by atoms with Gasteiger partial charge in [0, 0.05) is 6.08 Å². The van der Waals surface area contributed by atoms with E-state index in [0.29, 0.717) is 12.8 Å². The molecule has 2 aliphatic rings. The summed E-state index contributed by atoms with van der Waals surface area (Å²) in [4.78, 5) is 0. The molecule has 4 heteroatoms. The summed E-state index contributed by atoms with van der Waals surface area (Å²) in [7, 11) is -2.87. The van der Waals surface area contributed by atoms with Crippen molar-refractivity contribution in [2.24, 2.45) is 0 Å². The molecule has 14 heavy (non-hydrogen) atoms. The van der Waals surface area contributed by atoms with E-state index in [1.54, 1.807) is 0 Å². The minimum absolute atomic E-state index is 0.199. The smallest absolute Gasteiger partial charge is 0.156 e. The number of allylic oxidation sites excluding steroid dienone is 2. The Hall–Kier alpha value is -0.820. The number of nitriles is 1. The van der Waals surface area contributed by atoms with Gasteiger partial charge in [0.05, 0.1) is 16.6 Å². The Morgan fingerprint density at radius 3 is 2.36 bits per heavy atom. The van der Waals surface area contributed by atoms with Crippen LogP contribution in [-0.4, -0.2) is 18.9 Å². The van der Waals surface area contributed by atoms with Gasteiger partial charge in [0.2, 0.25) is 0 Å². The number of hydrogen-bond donors (Lipinski definition) is 0. The molecule has 2 heterocycles. The molecule has 3 nitrogen and oxygen atoms in total. The third-order valence-electron chi connectivity index (χ3n) is 3.23. The van der Waals surface area contributed by atoms with Crippen LogP contribution in [0.4, 0.5) is 0 Å². The molecule has 0 aliphatic carbocycles. The summed E-state index contributed by atoms with van der Waals surface area (Å²) in [6.07, 6.45) is 5.29. The fourth-order valence-electron chi connectivity index (χ4n) is 2.49. The van der Waals surface area contributed by atoms with E-state index in [1.807, 2.05) is 6.07 Å². The van der Waals surface area contributed by atoms with Crippen LogP contribution in [0.5, 0.6) is 0 Å². The van der Waals surface area contributed by atoms with Gasteiger partial charge in [-0.2, -0.15) is 5.26 Å². The van der Waals surface area contributed by atoms with E-state index in [9.17, 15) is 8.42 Å². The highest BCUT2D eigenvalue weighted by atomic mass is 32.2. The highest BCUT2D eigenvalue weighted by Crippen LogP contribution is 2.38. The number of sulfone groups is 1. The summed E-state index contributed by atoms with van der Waals surface area (Å²) < 4.78 is 23.7. The van der Waals surface area contributed by atoms with Crippen LogP contribution in [0.15, 0.2) is 11.6 Å². The van der Waals surface area contributed by atoms with Crippen LogP contribution in [0.1, 0.15) is 32.1 Å². The molecule has 2 fully saturated rings. The lowest BCUT2D eigenvalue weighted by Crippen LogP contribution is -2.40. The molecule has 0 aromatic rings. The molecular formula is C10H13NO2S. The second kappa shape index (κ2) is 3.39. The van der Waals surface area contributed by atoms with Crippen molar-refractivity contribution in [1.82, 2.24) is 0 Å². The van der Waals surface area contributed by atoms with Crippen LogP contribution < -0.4 is 0 Å². The van der Waals surface area contributed by atoms with Crippen LogP contribution in [0.3, 0.4) is 0 Å². The monoisotopic (exact) mass is 211 g/mol. The summed E-state index contributed by atoms with van der Waals surface area (Å²) in [6, 6.07) is 2.00. The third-order valence-corrected chi connectivity index (χ3v) is 5.89. The first-order valence-electron chi connectivity index (χ1n) is 4.95. The first kappa shape index (κ1) is 9.72. The molecule has 0 radical (unpaired) electrons. The van der Waals surface area contributed by atoms with E-state index in [2.05, 4.69) is 0 Å². The lowest BCUT2D eigenvalue weighted by Gasteiger charge is -2.35. The summed E-state index contributed by atoms with van der Waals surface area (Å²) in [6.45, 7) is 0. The number of hydrogen-bond acceptors (Lipinski definition) is 3. The lowest BCUT2D eigenvalue weighted by molar-refractivity contribution is 0.473. The molecule has 2 atom stereocenters. The van der Waals surface area contributed by atoms with E-state index >= 15 is 0 Å². The zero-order chi connectivity index (χ0) is 10.2. The molecule has 2 unspecified atom stereocenters. The molecule has 0 saturated carbocycles. The van der Waals surface area contributed by atoms with E-state index < -0.39 is 9.84 Å². The maximum Gasteiger partial charge on any atom is 0.156 e. The first-order chi connectivity index (χ1) is 6.64. The first-order valence-corrected chi connectivity index (χ1v) is 6.56. The van der Waals surface area contributed by atoms with Crippen molar-refractivity contribution < 1.29 is 8.42 Å². The van der Waals surface area contributed by atoms with Crippen molar-refractivity contribution in [1.29, 1.82) is 5.26 Å². The molecule has 2 bridgehead atoms. The minimum atomic E-state index is -2.87. The van der Waals surface area contributed by atoms with E-state index in [0.717, 1.165) is 24.8 Å². The largest absolute Gasteiger partial charge is 0.228 e. The van der Waals surface area contributed by atoms with Gasteiger partial charge in [-0.25, -0.2) is 8.42 Å². The second-order valence-corrected chi connectivity index (χ2v) is 6.62. The fraction of sp³-hybridized carbons (Fsp3) is 0.700. The zero-order valence-electron chi connectivity index (χ0n) is 7.94. The predicted octanol–water partition coefficient (Wildman–Crippen LogP) is 1.57. The molecule has 0 spiro atoms. The zero-order valence-corrected chi connectivity index (χ0v) is 8.76. The molecule has 2 aliphatic heterocycles. The highest BCUT2D eigenvalue weighted by Gasteiger charge is 2.41. The Bertz CT molecular complexity index is 380. The molecule has 0 aromatic heterocycles. The summed E-state index contributed by atoms with van der Waals surface area (Å²) >= 11 is 0. The van der Waals surface area contributed by atoms with Gasteiger partial charge < -0.3 is 0 Å². The Labute approximate surface area is 84.3 Å². The van der Waals surface area contributed by atoms with Crippen LogP contribution in [-0.2, 0) is 9.84 Å². The minimum Gasteiger partial charge on any atom is -0.228 e. The summed E-state index contributed by atoms with van der Waals surface area (Å²) in [5, 5.41) is 8.14. The van der Waals surface area contributed by atoms with Crippen molar-refractivity contribution in [3.05, 3.63) is 11.6 Å². The molecule has 76 valence electrons. The predicted molar refractivity (Wildman–Crippen MR) is 53.3 cm³/mol. The second-order valence-electron chi connectivity index (χ2n) is 4.10. The van der Waals surface area contributed by atoms with E-state index in [-0.39, 0.29) is 10.5 Å². The van der Waals surface area contributed by atoms with Crippen LogP contribution in [0.2, 0.25) is 0 Å². The van der Waals surface area contributed by atoms with Gasteiger partial charge in [-0.05, 0) is 25.7 Å². The van der Waals surface area contributed by atoms with Crippen molar-refractivity contribution in [3.63, 3.8) is 0 Å². The lowest BCUT2D eigenvalue weighted by atomic mass is 9.94. The molecule has 2 rings (SSSR count). The van der Waals surface area contributed by atoms with Gasteiger partial charge in [0.1, 0.15) is 0 Å². The number of rotatable bonds is 0. The van der Waals surface area contributed by atoms with Crippen LogP contribution in [0.25, 0.3) is 0 Å². The maximum atomic E-state index is 11.8. The fourth-order valence-corrected chi connectivity index (χ4v) is 4.92. The van der Waals surface area contributed by atoms with Gasteiger partial charge >= 0.3 is 0 Å². The topological polar surface area (TPSA) is 57.9 Å². The Balaban J connectivity index is 2.31. The maximum absolute atomic E-state index is 11.8. The average molecular weight is 211 g/mol. The third kappa shape index (κ3) is 1.46. The molecule has 2 saturated heterocycles. The van der Waals surface area contributed by atoms with Gasteiger partial charge in [0.15, 0.2) is 9.84 Å². The normalized spacial score (nSPS) is 34.6. The summed E-state index contributed by atoms with van der Waals surface area (Å²) in [5.41, 5.74) is 1.03. The van der Waals surface area contributed by atoms with Crippen molar-refractivity contribution in [2.75, 3.05) is 0 Å². The standard InChI is InChI=1S/C10H13NO2S/c11-5-4-8-6-9-2-1-3-10(7-8)14(9,12)13/h4,9-10H,1-3,6-7H2. The highest BCUT2D eigenvalue weighted by molar-refractivity contribution is 7.92. The van der Waals surface area contributed by atoms with Crippen molar-refractivity contribution >= 4 is 9.84 Å². The SMILES string of the molecule is N#CC=C1CC2CCCC(C1)S2(=O)=O. The Kier molecular flexibility index (Phi) is 2.36. The van der Waals surface area contributed by atoms with Crippen LogP contribution in [0, 0.1) is 11.3 Å². The Morgan fingerprint density at radius 2 is 1.86 bits per heavy atom. The molecule has 0 amide bonds.